The van der Waals surface area contributed by atoms with Gasteiger partial charge in [0.2, 0.25) is 0 Å². The van der Waals surface area contributed by atoms with Crippen LogP contribution in [0.1, 0.15) is 21.8 Å². The number of nitrogens with zero attached hydrogens (tertiary/aromatic N) is 2. The van der Waals surface area contributed by atoms with E-state index in [1.807, 2.05) is 25.1 Å². The second-order valence-corrected chi connectivity index (χ2v) is 6.36. The number of carbonyl (C=O) groups excluding carboxylic acids is 1. The molecule has 0 saturated heterocycles. The fourth-order valence-electron chi connectivity index (χ4n) is 2.66. The molecule has 1 aromatic carbocycles. The first-order valence-corrected chi connectivity index (χ1v) is 7.80. The third-order valence-electron chi connectivity index (χ3n) is 3.83. The lowest BCUT2D eigenvalue weighted by Gasteiger charge is -1.98. The van der Waals surface area contributed by atoms with E-state index in [0.717, 1.165) is 10.4 Å². The zero-order chi connectivity index (χ0) is 15.3. The third-order valence-corrected chi connectivity index (χ3v) is 5.05. The summed E-state index contributed by atoms with van der Waals surface area (Å²) < 4.78 is 1.23. The van der Waals surface area contributed by atoms with E-state index in [4.69, 9.17) is 0 Å². The minimum atomic E-state index is -0.119. The molecular weight excluding hydrogens is 294 g/mol. The molecule has 108 valence electrons. The molecule has 0 radical (unpaired) electrons. The Hall–Kier alpha value is -2.53. The monoisotopic (exact) mass is 307 g/mol. The predicted molar refractivity (Wildman–Crippen MR) is 89.8 cm³/mol. The number of hydrogen-bond donors (Lipinski definition) is 1. The standard InChI is InChI=1S/C17H13N3OS/c1-9-11-5-3-4-6-14(11)22-15(9)7-12-13-8-18-10(2)19-16(13)20-17(12)21/h3-8H,1-2H3,(H,18,19,20,21). The Bertz CT molecular complexity index is 956. The van der Waals surface area contributed by atoms with Gasteiger partial charge in [0, 0.05) is 21.3 Å². The van der Waals surface area contributed by atoms with Crippen LogP contribution in [-0.2, 0) is 4.79 Å². The Morgan fingerprint density at radius 1 is 1.23 bits per heavy atom. The summed E-state index contributed by atoms with van der Waals surface area (Å²) in [5.41, 5.74) is 2.60. The van der Waals surface area contributed by atoms with Crippen LogP contribution in [0.15, 0.2) is 30.5 Å². The zero-order valence-corrected chi connectivity index (χ0v) is 13.0. The number of carbonyl (C=O) groups is 1. The fraction of sp³-hybridized carbons (Fsp3) is 0.118. The first-order valence-electron chi connectivity index (χ1n) is 6.98. The molecule has 0 saturated carbocycles. The van der Waals surface area contributed by atoms with Gasteiger partial charge in [-0.15, -0.1) is 11.3 Å². The highest BCUT2D eigenvalue weighted by atomic mass is 32.1. The van der Waals surface area contributed by atoms with E-state index >= 15 is 0 Å². The average molecular weight is 307 g/mol. The van der Waals surface area contributed by atoms with Crippen molar-refractivity contribution in [3.05, 3.63) is 52.3 Å². The summed E-state index contributed by atoms with van der Waals surface area (Å²) in [4.78, 5) is 21.8. The quantitative estimate of drug-likeness (QED) is 0.696. The molecule has 1 aliphatic heterocycles. The van der Waals surface area contributed by atoms with E-state index < -0.39 is 0 Å². The van der Waals surface area contributed by atoms with Crippen molar-refractivity contribution in [1.29, 1.82) is 0 Å². The van der Waals surface area contributed by atoms with Crippen LogP contribution in [0.3, 0.4) is 0 Å². The van der Waals surface area contributed by atoms with Crippen molar-refractivity contribution < 1.29 is 4.79 Å². The van der Waals surface area contributed by atoms with Crippen LogP contribution >= 0.6 is 11.3 Å². The molecule has 0 unspecified atom stereocenters. The van der Waals surface area contributed by atoms with Crippen LogP contribution in [0, 0.1) is 13.8 Å². The van der Waals surface area contributed by atoms with Gasteiger partial charge < -0.3 is 5.32 Å². The van der Waals surface area contributed by atoms with Crippen molar-refractivity contribution in [3.63, 3.8) is 0 Å². The molecule has 3 heterocycles. The Morgan fingerprint density at radius 3 is 2.86 bits per heavy atom. The van der Waals surface area contributed by atoms with E-state index in [1.165, 1.54) is 15.6 Å². The number of thiophene rings is 1. The summed E-state index contributed by atoms with van der Waals surface area (Å²) in [6.45, 7) is 3.90. The van der Waals surface area contributed by atoms with Gasteiger partial charge in [-0.2, -0.15) is 0 Å². The first-order chi connectivity index (χ1) is 10.6. The number of benzene rings is 1. The van der Waals surface area contributed by atoms with Gasteiger partial charge in [0.15, 0.2) is 0 Å². The van der Waals surface area contributed by atoms with E-state index in [-0.39, 0.29) is 5.91 Å². The number of rotatable bonds is 1. The minimum absolute atomic E-state index is 0.119. The number of nitrogens with one attached hydrogen (secondary N) is 1. The maximum absolute atomic E-state index is 12.2. The van der Waals surface area contributed by atoms with Crippen LogP contribution in [0.25, 0.3) is 21.7 Å². The van der Waals surface area contributed by atoms with Crippen LogP contribution in [-0.4, -0.2) is 15.9 Å². The van der Waals surface area contributed by atoms with Gasteiger partial charge in [-0.25, -0.2) is 9.97 Å². The van der Waals surface area contributed by atoms with E-state index in [9.17, 15) is 4.79 Å². The Balaban J connectivity index is 1.89. The Labute approximate surface area is 131 Å². The van der Waals surface area contributed by atoms with E-state index in [2.05, 4.69) is 34.3 Å². The summed E-state index contributed by atoms with van der Waals surface area (Å²) in [7, 11) is 0. The number of aryl methyl sites for hydroxylation is 2. The summed E-state index contributed by atoms with van der Waals surface area (Å²) in [6.07, 6.45) is 3.66. The van der Waals surface area contributed by atoms with Crippen LogP contribution in [0.2, 0.25) is 0 Å². The van der Waals surface area contributed by atoms with Crippen molar-refractivity contribution in [1.82, 2.24) is 9.97 Å². The van der Waals surface area contributed by atoms with Crippen LogP contribution in [0.4, 0.5) is 5.82 Å². The van der Waals surface area contributed by atoms with Gasteiger partial charge in [0.25, 0.3) is 5.91 Å². The Morgan fingerprint density at radius 2 is 2.05 bits per heavy atom. The molecule has 5 heteroatoms. The topological polar surface area (TPSA) is 54.9 Å². The maximum atomic E-state index is 12.2. The number of anilines is 1. The Kier molecular flexibility index (Phi) is 2.84. The number of aromatic nitrogens is 2. The second-order valence-electron chi connectivity index (χ2n) is 5.28. The largest absolute Gasteiger partial charge is 0.306 e. The van der Waals surface area contributed by atoms with Gasteiger partial charge in [-0.1, -0.05) is 18.2 Å². The highest BCUT2D eigenvalue weighted by Gasteiger charge is 2.26. The lowest BCUT2D eigenvalue weighted by atomic mass is 10.1. The molecule has 22 heavy (non-hydrogen) atoms. The number of fused-ring (bicyclic) bond motifs is 2. The molecular formula is C17H13N3OS. The summed E-state index contributed by atoms with van der Waals surface area (Å²) >= 11 is 1.69. The SMILES string of the molecule is Cc1ncc2c(n1)NC(=O)C2=Cc1sc2ccccc2c1C. The molecule has 3 aromatic rings. The van der Waals surface area contributed by atoms with Gasteiger partial charge >= 0.3 is 0 Å². The predicted octanol–water partition coefficient (Wildman–Crippen LogP) is 3.80. The molecule has 0 bridgehead atoms. The molecule has 0 aliphatic carbocycles. The van der Waals surface area contributed by atoms with Crippen molar-refractivity contribution in [3.8, 4) is 0 Å². The second kappa shape index (κ2) is 4.74. The number of hydrogen-bond acceptors (Lipinski definition) is 4. The molecule has 1 N–H and O–H groups in total. The maximum Gasteiger partial charge on any atom is 0.257 e. The smallest absolute Gasteiger partial charge is 0.257 e. The van der Waals surface area contributed by atoms with Crippen molar-refractivity contribution in [2.75, 3.05) is 5.32 Å². The molecule has 2 aromatic heterocycles. The molecule has 1 amide bonds. The van der Waals surface area contributed by atoms with Gasteiger partial charge in [-0.05, 0) is 36.9 Å². The minimum Gasteiger partial charge on any atom is -0.306 e. The van der Waals surface area contributed by atoms with Crippen molar-refractivity contribution in [2.45, 2.75) is 13.8 Å². The number of amides is 1. The molecule has 0 spiro atoms. The summed E-state index contributed by atoms with van der Waals surface area (Å²) in [5.74, 6) is 1.13. The van der Waals surface area contributed by atoms with E-state index in [0.29, 0.717) is 17.2 Å². The highest BCUT2D eigenvalue weighted by Crippen LogP contribution is 2.36. The lowest BCUT2D eigenvalue weighted by Crippen LogP contribution is -2.04. The summed E-state index contributed by atoms with van der Waals surface area (Å²) in [5, 5.41) is 4.04. The lowest BCUT2D eigenvalue weighted by molar-refractivity contribution is -0.110. The molecule has 4 nitrogen and oxygen atoms in total. The first kappa shape index (κ1) is 13.2. The highest BCUT2D eigenvalue weighted by molar-refractivity contribution is 7.20. The summed E-state index contributed by atoms with van der Waals surface area (Å²) in [6, 6.07) is 8.28. The normalized spacial score (nSPS) is 15.4. The van der Waals surface area contributed by atoms with Crippen LogP contribution in [0.5, 0.6) is 0 Å². The van der Waals surface area contributed by atoms with Gasteiger partial charge in [-0.3, -0.25) is 4.79 Å². The van der Waals surface area contributed by atoms with Crippen molar-refractivity contribution >= 4 is 44.8 Å². The molecule has 4 rings (SSSR count). The third kappa shape index (κ3) is 1.94. The zero-order valence-electron chi connectivity index (χ0n) is 12.2. The van der Waals surface area contributed by atoms with Gasteiger partial charge in [0.05, 0.1) is 5.57 Å². The van der Waals surface area contributed by atoms with E-state index in [1.54, 1.807) is 17.5 Å². The van der Waals surface area contributed by atoms with Crippen LogP contribution < -0.4 is 5.32 Å². The molecule has 1 aliphatic rings. The van der Waals surface area contributed by atoms with Crippen molar-refractivity contribution in [2.24, 2.45) is 0 Å². The van der Waals surface area contributed by atoms with Gasteiger partial charge in [0.1, 0.15) is 11.6 Å². The molecule has 0 fully saturated rings. The average Bonchev–Trinajstić information content (AvgIpc) is 2.98. The molecule has 0 atom stereocenters. The fourth-order valence-corrected chi connectivity index (χ4v) is 3.82.